The first kappa shape index (κ1) is 23.7. The maximum Gasteiger partial charge on any atom is 0.420 e. The molecule has 0 spiro atoms. The van der Waals surface area contributed by atoms with Crippen molar-refractivity contribution in [2.24, 2.45) is 0 Å². The summed E-state index contributed by atoms with van der Waals surface area (Å²) in [6.07, 6.45) is 0.561. The Balaban J connectivity index is 2.39. The number of esters is 1. The van der Waals surface area contributed by atoms with E-state index in [1.54, 1.807) is 47.7 Å². The van der Waals surface area contributed by atoms with Gasteiger partial charge in [0.15, 0.2) is 0 Å². The Morgan fingerprint density at radius 2 is 1.70 bits per heavy atom. The summed E-state index contributed by atoms with van der Waals surface area (Å²) < 4.78 is 15.7. The van der Waals surface area contributed by atoms with Gasteiger partial charge in [0.25, 0.3) is 0 Å². The average Bonchev–Trinajstić information content (AvgIpc) is 3.06. The lowest BCUT2D eigenvalue weighted by atomic mass is 9.95. The van der Waals surface area contributed by atoms with E-state index in [4.69, 9.17) is 14.2 Å². The summed E-state index contributed by atoms with van der Waals surface area (Å²) in [5.41, 5.74) is 0.0735. The standard InChI is InChI=1S/C20H32N4O6/c1-19(2,3)29-17(26)24(18(27)30-20(4,5)6)15(16(25)28-7)10-14-12-11-22-23-13(12)8-9-21-14/h11,14-15,21H,8-10H2,1-7H3,(H,22,23). The molecule has 0 aromatic carbocycles. The van der Waals surface area contributed by atoms with Gasteiger partial charge in [-0.1, -0.05) is 0 Å². The molecule has 2 rings (SSSR count). The highest BCUT2D eigenvalue weighted by Gasteiger charge is 2.42. The molecule has 2 heterocycles. The SMILES string of the molecule is COC(=O)C(CC1NCCc2[nH]ncc21)N(C(=O)OC(C)(C)C)C(=O)OC(C)(C)C. The minimum absolute atomic E-state index is 0.0810. The van der Waals surface area contributed by atoms with Crippen LogP contribution in [0.3, 0.4) is 0 Å². The molecule has 168 valence electrons. The van der Waals surface area contributed by atoms with Crippen molar-refractivity contribution in [1.29, 1.82) is 0 Å². The van der Waals surface area contributed by atoms with Gasteiger partial charge in [0, 0.05) is 30.3 Å². The maximum atomic E-state index is 12.9. The van der Waals surface area contributed by atoms with Gasteiger partial charge in [-0.15, -0.1) is 0 Å². The number of H-pyrrole nitrogens is 1. The third kappa shape index (κ3) is 6.19. The first-order chi connectivity index (χ1) is 13.8. The zero-order valence-corrected chi connectivity index (χ0v) is 18.7. The van der Waals surface area contributed by atoms with E-state index in [1.165, 1.54) is 7.11 Å². The molecule has 10 heteroatoms. The highest BCUT2D eigenvalue weighted by molar-refractivity contribution is 5.94. The number of ether oxygens (including phenoxy) is 3. The predicted octanol–water partition coefficient (Wildman–Crippen LogP) is 2.70. The normalized spacial score (nSPS) is 17.5. The first-order valence-electron chi connectivity index (χ1n) is 9.91. The third-order valence-electron chi connectivity index (χ3n) is 4.32. The summed E-state index contributed by atoms with van der Waals surface area (Å²) in [6, 6.07) is -1.57. The first-order valence-corrected chi connectivity index (χ1v) is 9.91. The van der Waals surface area contributed by atoms with Gasteiger partial charge in [-0.25, -0.2) is 14.4 Å². The van der Waals surface area contributed by atoms with Crippen LogP contribution in [0.25, 0.3) is 0 Å². The molecular weight excluding hydrogens is 392 g/mol. The number of methoxy groups -OCH3 is 1. The second-order valence-corrected chi connectivity index (χ2v) is 9.17. The summed E-state index contributed by atoms with van der Waals surface area (Å²) in [4.78, 5) is 39.3. The molecule has 2 unspecified atom stereocenters. The molecule has 2 amide bonds. The van der Waals surface area contributed by atoms with Crippen molar-refractivity contribution < 1.29 is 28.6 Å². The number of hydrogen-bond donors (Lipinski definition) is 2. The number of carbonyl (C=O) groups is 3. The third-order valence-corrected chi connectivity index (χ3v) is 4.32. The Bertz CT molecular complexity index is 749. The lowest BCUT2D eigenvalue weighted by Crippen LogP contribution is -2.53. The summed E-state index contributed by atoms with van der Waals surface area (Å²) in [5.74, 6) is -0.746. The maximum absolute atomic E-state index is 12.9. The molecule has 0 saturated carbocycles. The highest BCUT2D eigenvalue weighted by Crippen LogP contribution is 2.28. The Morgan fingerprint density at radius 1 is 1.13 bits per heavy atom. The molecule has 0 fully saturated rings. The number of fused-ring (bicyclic) bond motifs is 1. The van der Waals surface area contributed by atoms with Crippen LogP contribution in [0.15, 0.2) is 6.20 Å². The molecule has 1 aliphatic heterocycles. The Hall–Kier alpha value is -2.62. The number of nitrogens with one attached hydrogen (secondary N) is 2. The summed E-state index contributed by atoms with van der Waals surface area (Å²) in [6.45, 7) is 10.7. The van der Waals surface area contributed by atoms with Crippen LogP contribution >= 0.6 is 0 Å². The lowest BCUT2D eigenvalue weighted by molar-refractivity contribution is -0.147. The molecule has 2 N–H and O–H groups in total. The molecule has 2 atom stereocenters. The second-order valence-electron chi connectivity index (χ2n) is 9.17. The van der Waals surface area contributed by atoms with Crippen LogP contribution < -0.4 is 5.32 Å². The number of imide groups is 1. The number of amides is 2. The number of aromatic amines is 1. The minimum atomic E-state index is -1.25. The van der Waals surface area contributed by atoms with Crippen molar-refractivity contribution in [2.75, 3.05) is 13.7 Å². The number of rotatable bonds is 4. The predicted molar refractivity (Wildman–Crippen MR) is 108 cm³/mol. The number of hydrogen-bond acceptors (Lipinski definition) is 8. The minimum Gasteiger partial charge on any atom is -0.467 e. The largest absolute Gasteiger partial charge is 0.467 e. The van der Waals surface area contributed by atoms with Crippen molar-refractivity contribution >= 4 is 18.2 Å². The van der Waals surface area contributed by atoms with Gasteiger partial charge in [0.05, 0.1) is 13.3 Å². The molecule has 0 bridgehead atoms. The van der Waals surface area contributed by atoms with Gasteiger partial charge in [0.2, 0.25) is 0 Å². The van der Waals surface area contributed by atoms with Crippen LogP contribution in [0.1, 0.15) is 65.3 Å². The van der Waals surface area contributed by atoms with Crippen LogP contribution in [0.2, 0.25) is 0 Å². The van der Waals surface area contributed by atoms with Crippen LogP contribution in [0.5, 0.6) is 0 Å². The molecule has 1 aromatic rings. The van der Waals surface area contributed by atoms with E-state index in [-0.39, 0.29) is 12.5 Å². The quantitative estimate of drug-likeness (QED) is 0.559. The van der Waals surface area contributed by atoms with Gasteiger partial charge >= 0.3 is 18.2 Å². The average molecular weight is 424 g/mol. The molecule has 30 heavy (non-hydrogen) atoms. The van der Waals surface area contributed by atoms with Gasteiger partial charge in [-0.05, 0) is 48.0 Å². The smallest absolute Gasteiger partial charge is 0.420 e. The molecular formula is C20H32N4O6. The van der Waals surface area contributed by atoms with Gasteiger partial charge in [0.1, 0.15) is 17.2 Å². The fourth-order valence-electron chi connectivity index (χ4n) is 3.13. The van der Waals surface area contributed by atoms with Crippen molar-refractivity contribution in [3.8, 4) is 0 Å². The fraction of sp³-hybridized carbons (Fsp3) is 0.700. The molecule has 10 nitrogen and oxygen atoms in total. The van der Waals surface area contributed by atoms with E-state index in [9.17, 15) is 14.4 Å². The monoisotopic (exact) mass is 424 g/mol. The lowest BCUT2D eigenvalue weighted by Gasteiger charge is -2.34. The summed E-state index contributed by atoms with van der Waals surface area (Å²) in [5, 5.41) is 10.3. The second kappa shape index (κ2) is 9.03. The number of nitrogens with zero attached hydrogens (tertiary/aromatic N) is 2. The Morgan fingerprint density at radius 3 is 2.20 bits per heavy atom. The van der Waals surface area contributed by atoms with E-state index in [1.807, 2.05) is 0 Å². The van der Waals surface area contributed by atoms with E-state index in [0.717, 1.165) is 17.7 Å². The zero-order valence-electron chi connectivity index (χ0n) is 18.7. The molecule has 0 aliphatic carbocycles. The van der Waals surface area contributed by atoms with Gasteiger partial charge in [-0.3, -0.25) is 5.10 Å². The van der Waals surface area contributed by atoms with Crippen LogP contribution in [-0.2, 0) is 25.4 Å². The fourth-order valence-corrected chi connectivity index (χ4v) is 3.13. The van der Waals surface area contributed by atoms with E-state index in [0.29, 0.717) is 11.4 Å². The van der Waals surface area contributed by atoms with Crippen LogP contribution in [0.4, 0.5) is 9.59 Å². The van der Waals surface area contributed by atoms with Crippen LogP contribution in [-0.4, -0.2) is 64.2 Å². The Kier molecular flexibility index (Phi) is 7.12. The molecule has 0 radical (unpaired) electrons. The van der Waals surface area contributed by atoms with E-state index in [2.05, 4.69) is 15.5 Å². The van der Waals surface area contributed by atoms with Gasteiger partial charge < -0.3 is 19.5 Å². The summed E-state index contributed by atoms with van der Waals surface area (Å²) in [7, 11) is 1.20. The topological polar surface area (TPSA) is 123 Å². The van der Waals surface area contributed by atoms with E-state index < -0.39 is 35.4 Å². The Labute approximate surface area is 176 Å². The van der Waals surface area contributed by atoms with Crippen molar-refractivity contribution in [3.05, 3.63) is 17.5 Å². The molecule has 1 aromatic heterocycles. The molecule has 1 aliphatic rings. The van der Waals surface area contributed by atoms with Crippen molar-refractivity contribution in [2.45, 2.75) is 77.7 Å². The highest BCUT2D eigenvalue weighted by atomic mass is 16.6. The van der Waals surface area contributed by atoms with Crippen molar-refractivity contribution in [1.82, 2.24) is 20.4 Å². The number of carbonyl (C=O) groups excluding carboxylic acids is 3. The van der Waals surface area contributed by atoms with Gasteiger partial charge in [-0.2, -0.15) is 10.00 Å². The van der Waals surface area contributed by atoms with E-state index >= 15 is 0 Å². The van der Waals surface area contributed by atoms with Crippen LogP contribution in [0, 0.1) is 0 Å². The van der Waals surface area contributed by atoms with Crippen molar-refractivity contribution in [3.63, 3.8) is 0 Å². The summed E-state index contributed by atoms with van der Waals surface area (Å²) >= 11 is 0. The number of aromatic nitrogens is 2. The zero-order chi connectivity index (χ0) is 22.7. The molecule has 0 saturated heterocycles.